The first-order valence-electron chi connectivity index (χ1n) is 5.39. The van der Waals surface area contributed by atoms with E-state index in [9.17, 15) is 4.79 Å². The lowest BCUT2D eigenvalue weighted by Gasteiger charge is -2.32. The van der Waals surface area contributed by atoms with E-state index in [1.165, 1.54) is 0 Å². The van der Waals surface area contributed by atoms with Crippen LogP contribution in [0.1, 0.15) is 0 Å². The zero-order valence-electron chi connectivity index (χ0n) is 9.09. The smallest absolute Gasteiger partial charge is 0.287 e. The van der Waals surface area contributed by atoms with Crippen LogP contribution in [0.25, 0.3) is 0 Å². The van der Waals surface area contributed by atoms with Gasteiger partial charge in [-0.1, -0.05) is 12.1 Å². The molecule has 6 heteroatoms. The van der Waals surface area contributed by atoms with Gasteiger partial charge in [0.2, 0.25) is 0 Å². The number of hydrogen-bond acceptors (Lipinski definition) is 5. The second-order valence-electron chi connectivity index (χ2n) is 3.89. The molecule has 17 heavy (non-hydrogen) atoms. The van der Waals surface area contributed by atoms with Gasteiger partial charge >= 0.3 is 0 Å². The molecule has 0 bridgehead atoms. The van der Waals surface area contributed by atoms with Gasteiger partial charge in [0.25, 0.3) is 12.1 Å². The number of para-hydroxylation sites is 2. The van der Waals surface area contributed by atoms with Crippen molar-refractivity contribution >= 4 is 17.6 Å². The lowest BCUT2D eigenvalue weighted by Crippen LogP contribution is -2.53. The SMILES string of the molecule is NC1=NCCN1C1Oc2ccccc2NC1=O. The molecule has 2 heterocycles. The highest BCUT2D eigenvalue weighted by Crippen LogP contribution is 2.29. The quantitative estimate of drug-likeness (QED) is 0.712. The van der Waals surface area contributed by atoms with Gasteiger partial charge in [0.1, 0.15) is 5.75 Å². The van der Waals surface area contributed by atoms with E-state index in [-0.39, 0.29) is 5.91 Å². The molecule has 0 saturated carbocycles. The van der Waals surface area contributed by atoms with Crippen LogP contribution in [0.2, 0.25) is 0 Å². The number of nitrogens with two attached hydrogens (primary N) is 1. The first-order chi connectivity index (χ1) is 8.25. The molecular weight excluding hydrogens is 220 g/mol. The van der Waals surface area contributed by atoms with E-state index in [0.717, 1.165) is 0 Å². The fourth-order valence-electron chi connectivity index (χ4n) is 1.96. The van der Waals surface area contributed by atoms with Gasteiger partial charge in [-0.2, -0.15) is 0 Å². The van der Waals surface area contributed by atoms with E-state index < -0.39 is 6.23 Å². The maximum Gasteiger partial charge on any atom is 0.287 e. The summed E-state index contributed by atoms with van der Waals surface area (Å²) in [4.78, 5) is 17.6. The minimum atomic E-state index is -0.726. The molecule has 1 aromatic rings. The molecule has 3 N–H and O–H groups in total. The highest BCUT2D eigenvalue weighted by molar-refractivity contribution is 5.99. The predicted octanol–water partition coefficient (Wildman–Crippen LogP) is -0.0261. The zero-order valence-corrected chi connectivity index (χ0v) is 9.09. The molecule has 1 aromatic carbocycles. The molecule has 0 saturated heterocycles. The van der Waals surface area contributed by atoms with Crippen molar-refractivity contribution in [2.24, 2.45) is 10.7 Å². The fourth-order valence-corrected chi connectivity index (χ4v) is 1.96. The minimum Gasteiger partial charge on any atom is -0.459 e. The minimum absolute atomic E-state index is 0.219. The lowest BCUT2D eigenvalue weighted by molar-refractivity contribution is -0.128. The number of fused-ring (bicyclic) bond motifs is 1. The van der Waals surface area contributed by atoms with Gasteiger partial charge in [0.05, 0.1) is 12.2 Å². The van der Waals surface area contributed by atoms with Gasteiger partial charge in [-0.3, -0.25) is 14.7 Å². The molecule has 1 unspecified atom stereocenters. The van der Waals surface area contributed by atoms with E-state index in [0.29, 0.717) is 30.5 Å². The van der Waals surface area contributed by atoms with Crippen molar-refractivity contribution in [3.05, 3.63) is 24.3 Å². The summed E-state index contributed by atoms with van der Waals surface area (Å²) in [6.45, 7) is 1.20. The van der Waals surface area contributed by atoms with Crippen molar-refractivity contribution in [1.29, 1.82) is 0 Å². The van der Waals surface area contributed by atoms with E-state index in [2.05, 4.69) is 10.3 Å². The topological polar surface area (TPSA) is 79.9 Å². The molecule has 2 aliphatic heterocycles. The third-order valence-corrected chi connectivity index (χ3v) is 2.80. The summed E-state index contributed by atoms with van der Waals surface area (Å²) in [5.74, 6) is 0.782. The molecule has 2 aliphatic rings. The summed E-state index contributed by atoms with van der Waals surface area (Å²) in [5.41, 5.74) is 6.39. The maximum atomic E-state index is 11.9. The van der Waals surface area contributed by atoms with Gasteiger partial charge < -0.3 is 15.8 Å². The van der Waals surface area contributed by atoms with E-state index in [1.807, 2.05) is 18.2 Å². The molecule has 1 atom stereocenters. The van der Waals surface area contributed by atoms with E-state index >= 15 is 0 Å². The average molecular weight is 232 g/mol. The Morgan fingerprint density at radius 1 is 1.47 bits per heavy atom. The Balaban J connectivity index is 1.89. The largest absolute Gasteiger partial charge is 0.459 e. The second-order valence-corrected chi connectivity index (χ2v) is 3.89. The van der Waals surface area contributed by atoms with Crippen LogP contribution in [0.5, 0.6) is 5.75 Å². The maximum absolute atomic E-state index is 11.9. The van der Waals surface area contributed by atoms with Crippen molar-refractivity contribution in [2.45, 2.75) is 6.23 Å². The monoisotopic (exact) mass is 232 g/mol. The lowest BCUT2D eigenvalue weighted by atomic mass is 10.2. The van der Waals surface area contributed by atoms with Gasteiger partial charge in [-0.25, -0.2) is 0 Å². The van der Waals surface area contributed by atoms with Gasteiger partial charge in [0.15, 0.2) is 5.96 Å². The molecule has 0 radical (unpaired) electrons. The Labute approximate surface area is 98.1 Å². The Morgan fingerprint density at radius 2 is 2.29 bits per heavy atom. The zero-order chi connectivity index (χ0) is 11.8. The number of amides is 1. The Kier molecular flexibility index (Phi) is 2.14. The molecule has 0 spiro atoms. The first-order valence-corrected chi connectivity index (χ1v) is 5.39. The summed E-state index contributed by atoms with van der Waals surface area (Å²) < 4.78 is 5.65. The van der Waals surface area contributed by atoms with Crippen molar-refractivity contribution in [3.8, 4) is 5.75 Å². The second kappa shape index (κ2) is 3.65. The highest BCUT2D eigenvalue weighted by atomic mass is 16.5. The number of carbonyl (C=O) groups excluding carboxylic acids is 1. The standard InChI is InChI=1S/C11H12N4O2/c12-11-13-5-6-15(11)10-9(16)14-7-3-1-2-4-8(7)17-10/h1-4,10H,5-6H2,(H2,12,13)(H,14,16). The fraction of sp³-hybridized carbons (Fsp3) is 0.273. The highest BCUT2D eigenvalue weighted by Gasteiger charge is 2.35. The summed E-state index contributed by atoms with van der Waals surface area (Å²) >= 11 is 0. The number of rotatable bonds is 1. The molecule has 0 aromatic heterocycles. The Hall–Kier alpha value is -2.24. The van der Waals surface area contributed by atoms with Crippen molar-refractivity contribution < 1.29 is 9.53 Å². The Bertz CT molecular complexity index is 500. The molecule has 88 valence electrons. The van der Waals surface area contributed by atoms with Crippen LogP contribution in [0.4, 0.5) is 5.69 Å². The van der Waals surface area contributed by atoms with Crippen molar-refractivity contribution in [3.63, 3.8) is 0 Å². The molecule has 0 aliphatic carbocycles. The number of ether oxygens (including phenoxy) is 1. The molecule has 1 amide bonds. The number of benzene rings is 1. The number of carbonyl (C=O) groups is 1. The van der Waals surface area contributed by atoms with Crippen LogP contribution in [0.15, 0.2) is 29.3 Å². The summed E-state index contributed by atoms with van der Waals surface area (Å²) in [6, 6.07) is 7.30. The number of nitrogens with zero attached hydrogens (tertiary/aromatic N) is 2. The molecule has 3 rings (SSSR count). The first kappa shape index (κ1) is 9.95. The van der Waals surface area contributed by atoms with Crippen LogP contribution in [0.3, 0.4) is 0 Å². The van der Waals surface area contributed by atoms with Crippen molar-refractivity contribution in [1.82, 2.24) is 4.90 Å². The molecule has 0 fully saturated rings. The van der Waals surface area contributed by atoms with Crippen LogP contribution >= 0.6 is 0 Å². The predicted molar refractivity (Wildman–Crippen MR) is 62.7 cm³/mol. The van der Waals surface area contributed by atoms with Crippen LogP contribution in [0, 0.1) is 0 Å². The summed E-state index contributed by atoms with van der Waals surface area (Å²) in [7, 11) is 0. The van der Waals surface area contributed by atoms with Gasteiger partial charge in [-0.15, -0.1) is 0 Å². The van der Waals surface area contributed by atoms with E-state index in [1.54, 1.807) is 11.0 Å². The third kappa shape index (κ3) is 1.57. The van der Waals surface area contributed by atoms with Crippen LogP contribution in [-0.4, -0.2) is 36.1 Å². The number of anilines is 1. The third-order valence-electron chi connectivity index (χ3n) is 2.80. The van der Waals surface area contributed by atoms with Crippen LogP contribution < -0.4 is 15.8 Å². The number of aliphatic imine (C=N–C) groups is 1. The van der Waals surface area contributed by atoms with Gasteiger partial charge in [-0.05, 0) is 12.1 Å². The Morgan fingerprint density at radius 3 is 3.06 bits per heavy atom. The number of nitrogens with one attached hydrogen (secondary N) is 1. The summed E-state index contributed by atoms with van der Waals surface area (Å²) in [5, 5.41) is 2.79. The average Bonchev–Trinajstić information content (AvgIpc) is 2.74. The van der Waals surface area contributed by atoms with Crippen molar-refractivity contribution in [2.75, 3.05) is 18.4 Å². The molecular formula is C11H12N4O2. The number of guanidine groups is 1. The van der Waals surface area contributed by atoms with Gasteiger partial charge in [0, 0.05) is 6.54 Å². The van der Waals surface area contributed by atoms with Crippen LogP contribution in [-0.2, 0) is 4.79 Å². The normalized spacial score (nSPS) is 22.6. The van der Waals surface area contributed by atoms with E-state index in [4.69, 9.17) is 10.5 Å². The molecule has 6 nitrogen and oxygen atoms in total. The number of hydrogen-bond donors (Lipinski definition) is 2. The summed E-state index contributed by atoms with van der Waals surface area (Å²) in [6.07, 6.45) is -0.726.